The van der Waals surface area contributed by atoms with Crippen molar-refractivity contribution in [3.05, 3.63) is 29.3 Å². The summed E-state index contributed by atoms with van der Waals surface area (Å²) in [5.41, 5.74) is 2.74. The van der Waals surface area contributed by atoms with Crippen LogP contribution in [0.1, 0.15) is 43.4 Å². The van der Waals surface area contributed by atoms with Gasteiger partial charge in [-0.05, 0) is 54.9 Å². The van der Waals surface area contributed by atoms with Gasteiger partial charge in [0.25, 0.3) is 0 Å². The Bertz CT molecular complexity index is 402. The molecule has 0 saturated heterocycles. The molecular formula is C14H19NO. The molecule has 0 aromatic heterocycles. The smallest absolute Gasteiger partial charge is 0.115 e. The summed E-state index contributed by atoms with van der Waals surface area (Å²) in [4.78, 5) is 0. The summed E-state index contributed by atoms with van der Waals surface area (Å²) in [5, 5.41) is 13.3. The van der Waals surface area contributed by atoms with Crippen molar-refractivity contribution < 1.29 is 5.11 Å². The molecule has 0 amide bonds. The van der Waals surface area contributed by atoms with Gasteiger partial charge in [0.1, 0.15) is 5.75 Å². The molecule has 16 heavy (non-hydrogen) atoms. The van der Waals surface area contributed by atoms with Crippen LogP contribution in [0, 0.1) is 5.92 Å². The zero-order valence-corrected chi connectivity index (χ0v) is 9.74. The van der Waals surface area contributed by atoms with E-state index in [0.717, 1.165) is 12.3 Å². The Morgan fingerprint density at radius 2 is 2.19 bits per heavy atom. The maximum atomic E-state index is 9.58. The molecule has 86 valence electrons. The number of rotatable bonds is 2. The lowest BCUT2D eigenvalue weighted by molar-refractivity contribution is 0.438. The number of hydrogen-bond donors (Lipinski definition) is 2. The van der Waals surface area contributed by atoms with Gasteiger partial charge in [0.05, 0.1) is 0 Å². The first-order valence-electron chi connectivity index (χ1n) is 6.32. The predicted octanol–water partition coefficient (Wildman–Crippen LogP) is 2.77. The number of phenols is 1. The number of aromatic hydroxyl groups is 1. The minimum Gasteiger partial charge on any atom is -0.508 e. The van der Waals surface area contributed by atoms with Gasteiger partial charge in [-0.15, -0.1) is 0 Å². The molecule has 3 rings (SSSR count). The summed E-state index contributed by atoms with van der Waals surface area (Å²) in [6.07, 6.45) is 4.94. The number of fused-ring (bicyclic) bond motifs is 1. The van der Waals surface area contributed by atoms with Gasteiger partial charge in [0, 0.05) is 12.1 Å². The van der Waals surface area contributed by atoms with Gasteiger partial charge < -0.3 is 10.4 Å². The van der Waals surface area contributed by atoms with Gasteiger partial charge in [0.2, 0.25) is 0 Å². The molecule has 2 aliphatic carbocycles. The minimum atomic E-state index is 0.399. The van der Waals surface area contributed by atoms with Gasteiger partial charge >= 0.3 is 0 Å². The zero-order chi connectivity index (χ0) is 11.1. The van der Waals surface area contributed by atoms with Crippen molar-refractivity contribution >= 4 is 0 Å². The van der Waals surface area contributed by atoms with E-state index < -0.39 is 0 Å². The van der Waals surface area contributed by atoms with Gasteiger partial charge in [-0.25, -0.2) is 0 Å². The molecule has 2 heteroatoms. The summed E-state index contributed by atoms with van der Waals surface area (Å²) in [5.74, 6) is 1.24. The van der Waals surface area contributed by atoms with E-state index in [0.29, 0.717) is 17.8 Å². The molecular weight excluding hydrogens is 198 g/mol. The average molecular weight is 217 g/mol. The van der Waals surface area contributed by atoms with E-state index in [1.54, 1.807) is 6.07 Å². The van der Waals surface area contributed by atoms with Crippen LogP contribution in [-0.2, 0) is 6.42 Å². The summed E-state index contributed by atoms with van der Waals surface area (Å²) in [6.45, 7) is 2.30. The average Bonchev–Trinajstić information content (AvgIpc) is 2.95. The third-order valence-corrected chi connectivity index (χ3v) is 3.97. The Morgan fingerprint density at radius 1 is 1.38 bits per heavy atom. The van der Waals surface area contributed by atoms with Gasteiger partial charge in [-0.3, -0.25) is 0 Å². The van der Waals surface area contributed by atoms with Gasteiger partial charge in [-0.1, -0.05) is 13.0 Å². The number of nitrogens with one attached hydrogen (secondary N) is 1. The van der Waals surface area contributed by atoms with Crippen LogP contribution in [-0.4, -0.2) is 11.1 Å². The fraction of sp³-hybridized carbons (Fsp3) is 0.571. The van der Waals surface area contributed by atoms with Crippen LogP contribution in [0.15, 0.2) is 18.2 Å². The van der Waals surface area contributed by atoms with Crippen LogP contribution in [0.2, 0.25) is 0 Å². The van der Waals surface area contributed by atoms with E-state index in [-0.39, 0.29) is 0 Å². The highest BCUT2D eigenvalue weighted by Gasteiger charge is 2.35. The molecule has 0 heterocycles. The molecule has 1 saturated carbocycles. The Hall–Kier alpha value is -1.02. The van der Waals surface area contributed by atoms with Gasteiger partial charge in [-0.2, -0.15) is 0 Å². The number of aryl methyl sites for hydroxylation is 1. The van der Waals surface area contributed by atoms with Crippen molar-refractivity contribution in [2.45, 2.75) is 44.7 Å². The molecule has 0 spiro atoms. The van der Waals surface area contributed by atoms with E-state index in [1.807, 2.05) is 6.07 Å². The first kappa shape index (κ1) is 10.2. The topological polar surface area (TPSA) is 32.3 Å². The predicted molar refractivity (Wildman–Crippen MR) is 64.5 cm³/mol. The van der Waals surface area contributed by atoms with Crippen LogP contribution in [0.3, 0.4) is 0 Å². The van der Waals surface area contributed by atoms with E-state index in [2.05, 4.69) is 18.3 Å². The molecule has 3 atom stereocenters. The molecule has 1 aromatic carbocycles. The highest BCUT2D eigenvalue weighted by atomic mass is 16.3. The van der Waals surface area contributed by atoms with Crippen molar-refractivity contribution in [1.29, 1.82) is 0 Å². The normalized spacial score (nSPS) is 32.2. The first-order chi connectivity index (χ1) is 7.74. The molecule has 0 aliphatic heterocycles. The second-order valence-corrected chi connectivity index (χ2v) is 5.31. The maximum Gasteiger partial charge on any atom is 0.115 e. The second-order valence-electron chi connectivity index (χ2n) is 5.31. The van der Waals surface area contributed by atoms with Crippen LogP contribution >= 0.6 is 0 Å². The summed E-state index contributed by atoms with van der Waals surface area (Å²) in [7, 11) is 0. The van der Waals surface area contributed by atoms with Crippen molar-refractivity contribution in [1.82, 2.24) is 5.32 Å². The van der Waals surface area contributed by atoms with E-state index >= 15 is 0 Å². The van der Waals surface area contributed by atoms with Crippen molar-refractivity contribution in [3.63, 3.8) is 0 Å². The standard InChI is InChI=1S/C14H19NO/c1-9-7-14(9)15-13-4-2-3-10-5-6-11(16)8-12(10)13/h5-6,8-9,13-16H,2-4,7H2,1H3. The third kappa shape index (κ3) is 1.82. The Morgan fingerprint density at radius 3 is 2.94 bits per heavy atom. The highest BCUT2D eigenvalue weighted by molar-refractivity contribution is 5.38. The zero-order valence-electron chi connectivity index (χ0n) is 9.74. The van der Waals surface area contributed by atoms with E-state index in [1.165, 1.54) is 30.4 Å². The summed E-state index contributed by atoms with van der Waals surface area (Å²) < 4.78 is 0. The van der Waals surface area contributed by atoms with Gasteiger partial charge in [0.15, 0.2) is 0 Å². The third-order valence-electron chi connectivity index (χ3n) is 3.97. The van der Waals surface area contributed by atoms with E-state index in [4.69, 9.17) is 0 Å². The van der Waals surface area contributed by atoms with Crippen molar-refractivity contribution in [2.75, 3.05) is 0 Å². The van der Waals surface area contributed by atoms with Crippen LogP contribution in [0.4, 0.5) is 0 Å². The molecule has 0 bridgehead atoms. The molecule has 1 fully saturated rings. The Kier molecular flexibility index (Phi) is 2.40. The van der Waals surface area contributed by atoms with Crippen LogP contribution < -0.4 is 5.32 Å². The second kappa shape index (κ2) is 3.77. The fourth-order valence-electron chi connectivity index (χ4n) is 2.77. The summed E-state index contributed by atoms with van der Waals surface area (Å²) >= 11 is 0. The minimum absolute atomic E-state index is 0.399. The molecule has 2 nitrogen and oxygen atoms in total. The lowest BCUT2D eigenvalue weighted by Crippen LogP contribution is -2.27. The molecule has 1 aromatic rings. The van der Waals surface area contributed by atoms with Crippen molar-refractivity contribution in [2.24, 2.45) is 5.92 Å². The lowest BCUT2D eigenvalue weighted by Gasteiger charge is -2.26. The summed E-state index contributed by atoms with van der Waals surface area (Å²) in [6, 6.07) is 7.00. The number of benzene rings is 1. The molecule has 3 unspecified atom stereocenters. The first-order valence-corrected chi connectivity index (χ1v) is 6.32. The van der Waals surface area contributed by atoms with E-state index in [9.17, 15) is 5.11 Å². The highest BCUT2D eigenvalue weighted by Crippen LogP contribution is 2.37. The molecule has 2 N–H and O–H groups in total. The van der Waals surface area contributed by atoms with Crippen LogP contribution in [0.25, 0.3) is 0 Å². The quantitative estimate of drug-likeness (QED) is 0.798. The largest absolute Gasteiger partial charge is 0.508 e. The Balaban J connectivity index is 1.83. The fourth-order valence-corrected chi connectivity index (χ4v) is 2.77. The SMILES string of the molecule is CC1CC1NC1CCCc2ccc(O)cc21. The lowest BCUT2D eigenvalue weighted by atomic mass is 9.87. The monoisotopic (exact) mass is 217 g/mol. The molecule has 0 radical (unpaired) electrons. The Labute approximate surface area is 96.7 Å². The van der Waals surface area contributed by atoms with Crippen LogP contribution in [0.5, 0.6) is 5.75 Å². The maximum absolute atomic E-state index is 9.58. The van der Waals surface area contributed by atoms with Crippen molar-refractivity contribution in [3.8, 4) is 5.75 Å². The molecule has 2 aliphatic rings. The number of phenolic OH excluding ortho intramolecular Hbond substituents is 1. The number of hydrogen-bond acceptors (Lipinski definition) is 2.